The molecule has 0 aliphatic rings. The average Bonchev–Trinajstić information content (AvgIpc) is 3.09. The molecule has 1 unspecified atom stereocenters. The Hall–Kier alpha value is -6.00. The number of nitro benzene ring substituents is 1. The van der Waals surface area contributed by atoms with E-state index in [2.05, 4.69) is 16.0 Å². The summed E-state index contributed by atoms with van der Waals surface area (Å²) in [6.45, 7) is 3.65. The molecule has 5 rings (SSSR count). The molecule has 5 aromatic rings. The van der Waals surface area contributed by atoms with Crippen LogP contribution in [0.4, 0.5) is 17.1 Å². The van der Waals surface area contributed by atoms with E-state index in [1.165, 1.54) is 30.0 Å². The van der Waals surface area contributed by atoms with Gasteiger partial charge in [0.05, 0.1) is 4.92 Å². The number of hydrogen-bond acceptors (Lipinski definition) is 6. The van der Waals surface area contributed by atoms with E-state index in [0.717, 1.165) is 21.6 Å². The third kappa shape index (κ3) is 8.83. The summed E-state index contributed by atoms with van der Waals surface area (Å²) in [6, 6.07) is 36.9. The van der Waals surface area contributed by atoms with Gasteiger partial charge in [-0.25, -0.2) is 0 Å². The van der Waals surface area contributed by atoms with Crippen molar-refractivity contribution in [2.24, 2.45) is 0 Å². The third-order valence-corrected chi connectivity index (χ3v) is 8.53. The molecule has 0 aliphatic carbocycles. The summed E-state index contributed by atoms with van der Waals surface area (Å²) in [5.41, 5.74) is 4.54. The van der Waals surface area contributed by atoms with Crippen LogP contribution in [0.5, 0.6) is 0 Å². The van der Waals surface area contributed by atoms with E-state index in [-0.39, 0.29) is 17.3 Å². The topological polar surface area (TPSA) is 130 Å². The molecule has 0 spiro atoms. The molecule has 0 radical (unpaired) electrons. The molecule has 48 heavy (non-hydrogen) atoms. The molecule has 0 saturated heterocycles. The summed E-state index contributed by atoms with van der Waals surface area (Å²) in [6.07, 6.45) is 1.63. The number of amides is 3. The second kappa shape index (κ2) is 15.5. The average molecular weight is 657 g/mol. The largest absolute Gasteiger partial charge is 0.325 e. The van der Waals surface area contributed by atoms with Crippen molar-refractivity contribution < 1.29 is 19.3 Å². The van der Waals surface area contributed by atoms with E-state index in [4.69, 9.17) is 0 Å². The van der Waals surface area contributed by atoms with Crippen molar-refractivity contribution in [3.05, 3.63) is 171 Å². The molecule has 0 fully saturated rings. The zero-order valence-electron chi connectivity index (χ0n) is 26.2. The molecule has 9 nitrogen and oxygen atoms in total. The van der Waals surface area contributed by atoms with Crippen molar-refractivity contribution in [2.45, 2.75) is 24.0 Å². The number of hydrogen-bond donors (Lipinski definition) is 3. The van der Waals surface area contributed by atoms with E-state index in [1.54, 1.807) is 61.5 Å². The van der Waals surface area contributed by atoms with Crippen molar-refractivity contribution in [3.8, 4) is 0 Å². The number of nitro groups is 1. The molecule has 5 aromatic carbocycles. The number of carbonyl (C=O) groups is 3. The zero-order valence-corrected chi connectivity index (χ0v) is 27.0. The third-order valence-electron chi connectivity index (χ3n) is 7.27. The molecule has 0 bridgehead atoms. The van der Waals surface area contributed by atoms with Crippen LogP contribution in [0.25, 0.3) is 6.08 Å². The number of rotatable bonds is 11. The lowest BCUT2D eigenvalue weighted by atomic mass is 10.1. The van der Waals surface area contributed by atoms with Gasteiger partial charge < -0.3 is 16.0 Å². The lowest BCUT2D eigenvalue weighted by molar-refractivity contribution is -0.384. The maximum absolute atomic E-state index is 13.6. The number of benzene rings is 5. The number of carbonyl (C=O) groups excluding carboxylic acids is 3. The fourth-order valence-electron chi connectivity index (χ4n) is 4.82. The number of thioether (sulfide) groups is 1. The maximum Gasteiger partial charge on any atom is 0.272 e. The van der Waals surface area contributed by atoms with Gasteiger partial charge in [0.15, 0.2) is 0 Å². The smallest absolute Gasteiger partial charge is 0.272 e. The van der Waals surface area contributed by atoms with Crippen LogP contribution in [-0.2, 0) is 9.59 Å². The molecule has 1 atom stereocenters. The summed E-state index contributed by atoms with van der Waals surface area (Å²) in [7, 11) is 0. The molecular formula is C38H32N4O5S. The van der Waals surface area contributed by atoms with Gasteiger partial charge >= 0.3 is 0 Å². The fraction of sp³-hybridized carbons (Fsp3) is 0.0789. The Morgan fingerprint density at radius 1 is 0.771 bits per heavy atom. The van der Waals surface area contributed by atoms with E-state index in [9.17, 15) is 24.5 Å². The molecule has 3 amide bonds. The summed E-state index contributed by atoms with van der Waals surface area (Å²) in [4.78, 5) is 51.5. The lowest BCUT2D eigenvalue weighted by Gasteiger charge is -2.18. The Morgan fingerprint density at radius 3 is 2.10 bits per heavy atom. The predicted molar refractivity (Wildman–Crippen MR) is 190 cm³/mol. The second-order valence-corrected chi connectivity index (χ2v) is 12.1. The van der Waals surface area contributed by atoms with Crippen LogP contribution < -0.4 is 16.0 Å². The number of anilines is 2. The molecule has 0 saturated carbocycles. The van der Waals surface area contributed by atoms with Gasteiger partial charge in [0, 0.05) is 34.0 Å². The van der Waals surface area contributed by atoms with E-state index in [0.29, 0.717) is 22.5 Å². The number of aryl methyl sites for hydroxylation is 2. The summed E-state index contributed by atoms with van der Waals surface area (Å²) >= 11 is 1.32. The summed E-state index contributed by atoms with van der Waals surface area (Å²) in [5, 5.41) is 19.0. The highest BCUT2D eigenvalue weighted by Gasteiger charge is 2.23. The van der Waals surface area contributed by atoms with Crippen LogP contribution in [0.1, 0.15) is 37.9 Å². The van der Waals surface area contributed by atoms with Gasteiger partial charge in [0.25, 0.3) is 17.5 Å². The molecule has 240 valence electrons. The van der Waals surface area contributed by atoms with E-state index < -0.39 is 22.0 Å². The minimum Gasteiger partial charge on any atom is -0.325 e. The molecular weight excluding hydrogens is 625 g/mol. The first-order valence-electron chi connectivity index (χ1n) is 15.0. The standard InChI is InChI=1S/C38H32N4O5S/c1-25-10-9-11-27(22-25)24-34(41-36(43)29-14-7-4-8-15-29)37(44)39-30-16-19-32(20-17-30)48-35(28-12-5-3-6-13-28)38(45)40-33-21-18-31(42(46)47)23-26(33)2/h3-24,35H,1-2H3,(H,39,44)(H,40,45)(H,41,43)/b34-24-. The Balaban J connectivity index is 1.33. The predicted octanol–water partition coefficient (Wildman–Crippen LogP) is 8.09. The van der Waals surface area contributed by atoms with Crippen LogP contribution in [0, 0.1) is 24.0 Å². The number of nitrogens with zero attached hydrogens (tertiary/aromatic N) is 1. The summed E-state index contributed by atoms with van der Waals surface area (Å²) < 4.78 is 0. The first-order valence-corrected chi connectivity index (χ1v) is 15.9. The van der Waals surface area contributed by atoms with Crippen molar-refractivity contribution in [1.82, 2.24) is 5.32 Å². The van der Waals surface area contributed by atoms with E-state index in [1.807, 2.05) is 67.6 Å². The Kier molecular flexibility index (Phi) is 10.8. The first-order chi connectivity index (χ1) is 23.2. The molecule has 0 heterocycles. The lowest BCUT2D eigenvalue weighted by Crippen LogP contribution is -2.30. The van der Waals surface area contributed by atoms with Crippen LogP contribution >= 0.6 is 11.8 Å². The van der Waals surface area contributed by atoms with Gasteiger partial charge in [-0.2, -0.15) is 0 Å². The van der Waals surface area contributed by atoms with Crippen LogP contribution in [0.2, 0.25) is 0 Å². The Bertz CT molecular complexity index is 1980. The fourth-order valence-corrected chi connectivity index (χ4v) is 5.85. The number of nitrogens with one attached hydrogen (secondary N) is 3. The van der Waals surface area contributed by atoms with Gasteiger partial charge in [0.2, 0.25) is 5.91 Å². The maximum atomic E-state index is 13.6. The number of non-ortho nitro benzene ring substituents is 1. The molecule has 10 heteroatoms. The monoisotopic (exact) mass is 656 g/mol. The van der Waals surface area contributed by atoms with Gasteiger partial charge in [-0.15, -0.1) is 11.8 Å². The van der Waals surface area contributed by atoms with Gasteiger partial charge in [-0.1, -0.05) is 78.4 Å². The SMILES string of the molecule is Cc1cccc(/C=C(\NC(=O)c2ccccc2)C(=O)Nc2ccc(SC(C(=O)Nc3ccc([N+](=O)[O-])cc3C)c3ccccc3)cc2)c1. The van der Waals surface area contributed by atoms with Crippen molar-refractivity contribution in [1.29, 1.82) is 0 Å². The van der Waals surface area contributed by atoms with Crippen molar-refractivity contribution in [3.63, 3.8) is 0 Å². The van der Waals surface area contributed by atoms with Crippen molar-refractivity contribution in [2.75, 3.05) is 10.6 Å². The van der Waals surface area contributed by atoms with Crippen LogP contribution in [0.3, 0.4) is 0 Å². The van der Waals surface area contributed by atoms with Gasteiger partial charge in [-0.3, -0.25) is 24.5 Å². The molecule has 3 N–H and O–H groups in total. The zero-order chi connectivity index (χ0) is 34.0. The van der Waals surface area contributed by atoms with Gasteiger partial charge in [-0.05, 0) is 79.1 Å². The van der Waals surface area contributed by atoms with Crippen LogP contribution in [0.15, 0.2) is 138 Å². The van der Waals surface area contributed by atoms with E-state index >= 15 is 0 Å². The molecule has 0 aliphatic heterocycles. The van der Waals surface area contributed by atoms with Crippen molar-refractivity contribution >= 4 is 52.6 Å². The Labute approximate surface area is 282 Å². The normalized spacial score (nSPS) is 11.7. The minimum atomic E-state index is -0.640. The quantitative estimate of drug-likeness (QED) is 0.0570. The Morgan fingerprint density at radius 2 is 1.46 bits per heavy atom. The highest BCUT2D eigenvalue weighted by Crippen LogP contribution is 2.37. The van der Waals surface area contributed by atoms with Gasteiger partial charge in [0.1, 0.15) is 10.9 Å². The first kappa shape index (κ1) is 33.4. The minimum absolute atomic E-state index is 0.0528. The highest BCUT2D eigenvalue weighted by molar-refractivity contribution is 8.00. The summed E-state index contributed by atoms with van der Waals surface area (Å²) in [5.74, 6) is -1.20. The highest BCUT2D eigenvalue weighted by atomic mass is 32.2. The molecule has 0 aromatic heterocycles. The van der Waals surface area contributed by atoms with Crippen LogP contribution in [-0.4, -0.2) is 22.6 Å². The second-order valence-electron chi connectivity index (χ2n) is 10.9.